The second-order valence-electron chi connectivity index (χ2n) is 14.9. The second kappa shape index (κ2) is 17.0. The minimum atomic E-state index is -2.00. The van der Waals surface area contributed by atoms with Crippen LogP contribution in [0.15, 0.2) is 36.5 Å². The van der Waals surface area contributed by atoms with Crippen LogP contribution in [0.5, 0.6) is 0 Å². The first kappa shape index (κ1) is 37.1. The lowest BCUT2D eigenvalue weighted by Gasteiger charge is -2.44. The van der Waals surface area contributed by atoms with Crippen LogP contribution in [0.1, 0.15) is 98.8 Å². The molecule has 0 aromatic carbocycles. The highest BCUT2D eigenvalue weighted by Crippen LogP contribution is 2.45. The molecule has 1 heterocycles. The van der Waals surface area contributed by atoms with E-state index in [-0.39, 0.29) is 59.8 Å². The predicted molar refractivity (Wildman–Crippen MR) is 180 cm³/mol. The van der Waals surface area contributed by atoms with Crippen LogP contribution in [-0.4, -0.2) is 57.8 Å². The number of nitrogens with one attached hydrogen (secondary N) is 1. The van der Waals surface area contributed by atoms with Gasteiger partial charge >= 0.3 is 18.0 Å². The van der Waals surface area contributed by atoms with Gasteiger partial charge in [0.2, 0.25) is 0 Å². The number of esters is 2. The summed E-state index contributed by atoms with van der Waals surface area (Å²) in [5.74, 6) is 0.677. The number of hydrogen-bond donors (Lipinski definition) is 1. The molecule has 0 radical (unpaired) electrons. The van der Waals surface area contributed by atoms with Gasteiger partial charge in [-0.05, 0) is 73.6 Å². The van der Waals surface area contributed by atoms with Crippen molar-refractivity contribution in [2.45, 2.75) is 135 Å². The average molecular weight is 646 g/mol. The number of rotatable bonds is 15. The summed E-state index contributed by atoms with van der Waals surface area (Å²) >= 11 is 0. The summed E-state index contributed by atoms with van der Waals surface area (Å²) in [7, 11) is -2.00. The van der Waals surface area contributed by atoms with E-state index in [0.717, 1.165) is 51.4 Å². The number of fused-ring (bicyclic) bond motifs is 1. The Morgan fingerprint density at radius 1 is 1.11 bits per heavy atom. The van der Waals surface area contributed by atoms with Crippen LogP contribution in [0.25, 0.3) is 0 Å². The summed E-state index contributed by atoms with van der Waals surface area (Å²) in [6.07, 6.45) is 14.9. The van der Waals surface area contributed by atoms with Gasteiger partial charge in [0, 0.05) is 25.3 Å². The molecule has 0 bridgehead atoms. The molecule has 1 saturated heterocycles. The van der Waals surface area contributed by atoms with Gasteiger partial charge in [0.1, 0.15) is 18.8 Å². The zero-order valence-electron chi connectivity index (χ0n) is 28.9. The van der Waals surface area contributed by atoms with E-state index >= 15 is 0 Å². The van der Waals surface area contributed by atoms with Crippen molar-refractivity contribution in [1.29, 1.82) is 0 Å². The summed E-state index contributed by atoms with van der Waals surface area (Å²) in [4.78, 5) is 37.1. The second-order valence-corrected chi connectivity index (χ2v) is 19.7. The Morgan fingerprint density at radius 2 is 1.84 bits per heavy atom. The van der Waals surface area contributed by atoms with Crippen LogP contribution in [0, 0.1) is 23.7 Å². The largest absolute Gasteiger partial charge is 0.462 e. The Labute approximate surface area is 272 Å². The van der Waals surface area contributed by atoms with Crippen molar-refractivity contribution in [2.24, 2.45) is 23.7 Å². The first-order chi connectivity index (χ1) is 21.2. The van der Waals surface area contributed by atoms with E-state index in [4.69, 9.17) is 18.6 Å². The highest BCUT2D eigenvalue weighted by atomic mass is 28.4. The number of amides is 1. The molecule has 254 valence electrons. The van der Waals surface area contributed by atoms with Gasteiger partial charge in [-0.1, -0.05) is 78.3 Å². The fraction of sp³-hybridized carbons (Fsp3) is 0.750. The van der Waals surface area contributed by atoms with Crippen molar-refractivity contribution in [2.75, 3.05) is 13.2 Å². The predicted octanol–water partition coefficient (Wildman–Crippen LogP) is 8.04. The molecule has 0 spiro atoms. The van der Waals surface area contributed by atoms with E-state index in [2.05, 4.69) is 77.8 Å². The van der Waals surface area contributed by atoms with Crippen LogP contribution >= 0.6 is 0 Å². The molecule has 8 nitrogen and oxygen atoms in total. The molecule has 0 unspecified atom stereocenters. The monoisotopic (exact) mass is 645 g/mol. The fourth-order valence-electron chi connectivity index (χ4n) is 6.65. The number of allylic oxidation sites excluding steroid dienone is 3. The number of cyclic esters (lactones) is 1. The zero-order valence-corrected chi connectivity index (χ0v) is 29.9. The van der Waals surface area contributed by atoms with Crippen molar-refractivity contribution in [3.05, 3.63) is 36.5 Å². The standard InChI is InChI=1S/C36H59NO7Si/c1-9-20-41-32(38)14-12-10-11-13-19-37-35(40)43-31-22-25(2)21-27-16-15-26(3)30(34(27)31)18-17-28-23-29(24-33(39)42-28)44-45(7,8)36(4,5)6/h9,15-16,21,25-26,28-31,34H,1,10-14,17-20,22-24H2,2-8H3,(H,37,40)/t25-,26+,28+,29+,30-,31-,34-/m0/s1. The molecule has 0 aromatic rings. The topological polar surface area (TPSA) is 100 Å². The lowest BCUT2D eigenvalue weighted by Crippen LogP contribution is -2.47. The maximum absolute atomic E-state index is 12.9. The molecule has 1 N–H and O–H groups in total. The quantitative estimate of drug-likeness (QED) is 0.0633. The van der Waals surface area contributed by atoms with Gasteiger partial charge in [-0.15, -0.1) is 0 Å². The molecule has 0 aromatic heterocycles. The third-order valence-electron chi connectivity index (χ3n) is 10.1. The number of carbonyl (C=O) groups is 3. The van der Waals surface area contributed by atoms with Crippen LogP contribution < -0.4 is 5.32 Å². The zero-order chi connectivity index (χ0) is 33.2. The molecule has 45 heavy (non-hydrogen) atoms. The highest BCUT2D eigenvalue weighted by molar-refractivity contribution is 6.74. The molecule has 9 heteroatoms. The van der Waals surface area contributed by atoms with Crippen molar-refractivity contribution < 1.29 is 33.0 Å². The molecular formula is C36H59NO7Si. The fourth-order valence-corrected chi connectivity index (χ4v) is 8.01. The summed E-state index contributed by atoms with van der Waals surface area (Å²) in [6, 6.07) is 0. The van der Waals surface area contributed by atoms with Crippen LogP contribution in [0.2, 0.25) is 18.1 Å². The third-order valence-corrected chi connectivity index (χ3v) is 14.6. The van der Waals surface area contributed by atoms with E-state index in [1.165, 1.54) is 5.57 Å². The minimum absolute atomic E-state index is 0.0818. The Balaban J connectivity index is 1.52. The summed E-state index contributed by atoms with van der Waals surface area (Å²) < 4.78 is 23.6. The van der Waals surface area contributed by atoms with Crippen LogP contribution in [0.3, 0.4) is 0 Å². The highest BCUT2D eigenvalue weighted by Gasteiger charge is 2.44. The van der Waals surface area contributed by atoms with E-state index in [1.54, 1.807) is 6.08 Å². The molecule has 3 rings (SSSR count). The number of hydrogen-bond acceptors (Lipinski definition) is 7. The van der Waals surface area contributed by atoms with Crippen LogP contribution in [-0.2, 0) is 28.2 Å². The van der Waals surface area contributed by atoms with Gasteiger partial charge in [-0.25, -0.2) is 4.79 Å². The summed E-state index contributed by atoms with van der Waals surface area (Å²) in [5, 5.41) is 3.03. The molecule has 1 aliphatic heterocycles. The lowest BCUT2D eigenvalue weighted by atomic mass is 9.65. The maximum atomic E-state index is 12.9. The van der Waals surface area contributed by atoms with Crippen molar-refractivity contribution >= 4 is 26.3 Å². The van der Waals surface area contributed by atoms with E-state index in [1.807, 2.05) is 0 Å². The Morgan fingerprint density at radius 3 is 2.56 bits per heavy atom. The van der Waals surface area contributed by atoms with Gasteiger partial charge in [0.15, 0.2) is 8.32 Å². The van der Waals surface area contributed by atoms with Crippen molar-refractivity contribution in [3.8, 4) is 0 Å². The minimum Gasteiger partial charge on any atom is -0.462 e. The number of carbonyl (C=O) groups excluding carboxylic acids is 3. The molecular weight excluding hydrogens is 586 g/mol. The molecule has 1 amide bonds. The first-order valence-electron chi connectivity index (χ1n) is 17.2. The Kier molecular flexibility index (Phi) is 14.0. The molecule has 1 fully saturated rings. The lowest BCUT2D eigenvalue weighted by molar-refractivity contribution is -0.160. The van der Waals surface area contributed by atoms with Crippen molar-refractivity contribution in [3.63, 3.8) is 0 Å². The van der Waals surface area contributed by atoms with Crippen LogP contribution in [0.4, 0.5) is 4.79 Å². The molecule has 0 saturated carbocycles. The average Bonchev–Trinajstić information content (AvgIpc) is 2.94. The number of alkyl carbamates (subject to hydrolysis) is 1. The van der Waals surface area contributed by atoms with Crippen molar-refractivity contribution in [1.82, 2.24) is 5.32 Å². The Bertz CT molecular complexity index is 1080. The Hall–Kier alpha value is -2.39. The van der Waals surface area contributed by atoms with Gasteiger partial charge in [0.05, 0.1) is 12.5 Å². The normalized spacial score (nSPS) is 28.4. The summed E-state index contributed by atoms with van der Waals surface area (Å²) in [5.41, 5.74) is 1.25. The first-order valence-corrected chi connectivity index (χ1v) is 20.1. The van der Waals surface area contributed by atoms with Gasteiger partial charge in [-0.2, -0.15) is 0 Å². The van der Waals surface area contributed by atoms with E-state index in [9.17, 15) is 14.4 Å². The van der Waals surface area contributed by atoms with Gasteiger partial charge in [-0.3, -0.25) is 9.59 Å². The maximum Gasteiger partial charge on any atom is 0.407 e. The van der Waals surface area contributed by atoms with E-state index < -0.39 is 8.32 Å². The molecule has 2 aliphatic carbocycles. The third kappa shape index (κ3) is 11.4. The number of unbranched alkanes of at least 4 members (excludes halogenated alkanes) is 3. The molecule has 7 atom stereocenters. The molecule has 3 aliphatic rings. The number of ether oxygens (including phenoxy) is 3. The van der Waals surface area contributed by atoms with E-state index in [0.29, 0.717) is 31.2 Å². The summed E-state index contributed by atoms with van der Waals surface area (Å²) in [6.45, 7) is 19.9. The SMILES string of the molecule is C=CCOC(=O)CCCCCCNC(=O)O[C@H]1C[C@@H](C)C=C2C=C[C@@H](C)[C@H](CC[C@@H]3C[C@@H](O[Si](C)(C)C(C)(C)C)CC(=O)O3)[C@H]21. The van der Waals surface area contributed by atoms with Gasteiger partial charge < -0.3 is 24.0 Å². The smallest absolute Gasteiger partial charge is 0.407 e. The van der Waals surface area contributed by atoms with Gasteiger partial charge in [0.25, 0.3) is 0 Å².